The standard InChI is InChI=1S/C16H27NO2/c1-6-17(7-2)9-8-15(18)14-10-13(4)16(19-5)11-12(14)3/h10-11,15,18H,6-9H2,1-5H3. The van der Waals surface area contributed by atoms with E-state index in [0.717, 1.165) is 48.5 Å². The zero-order valence-corrected chi connectivity index (χ0v) is 12.9. The highest BCUT2D eigenvalue weighted by Gasteiger charge is 2.14. The summed E-state index contributed by atoms with van der Waals surface area (Å²) in [5.74, 6) is 0.886. The quantitative estimate of drug-likeness (QED) is 0.822. The van der Waals surface area contributed by atoms with Gasteiger partial charge in [0.2, 0.25) is 0 Å². The Morgan fingerprint density at radius 3 is 2.32 bits per heavy atom. The molecule has 1 rings (SSSR count). The van der Waals surface area contributed by atoms with Gasteiger partial charge in [0, 0.05) is 6.54 Å². The van der Waals surface area contributed by atoms with Crippen molar-refractivity contribution in [1.82, 2.24) is 4.90 Å². The van der Waals surface area contributed by atoms with Crippen LogP contribution in [0.15, 0.2) is 12.1 Å². The molecule has 0 aromatic heterocycles. The van der Waals surface area contributed by atoms with Crippen molar-refractivity contribution in [2.45, 2.75) is 40.2 Å². The minimum absolute atomic E-state index is 0.398. The van der Waals surface area contributed by atoms with Gasteiger partial charge >= 0.3 is 0 Å². The van der Waals surface area contributed by atoms with E-state index in [9.17, 15) is 5.11 Å². The van der Waals surface area contributed by atoms with E-state index < -0.39 is 6.10 Å². The van der Waals surface area contributed by atoms with Crippen molar-refractivity contribution in [3.63, 3.8) is 0 Å². The molecule has 1 atom stereocenters. The maximum absolute atomic E-state index is 10.4. The average molecular weight is 265 g/mol. The molecule has 0 amide bonds. The van der Waals surface area contributed by atoms with Gasteiger partial charge in [-0.1, -0.05) is 13.8 Å². The van der Waals surface area contributed by atoms with Gasteiger partial charge in [0.1, 0.15) is 5.75 Å². The third kappa shape index (κ3) is 4.22. The molecular formula is C16H27NO2. The van der Waals surface area contributed by atoms with Gasteiger partial charge in [-0.25, -0.2) is 0 Å². The Bertz CT molecular complexity index is 400. The number of aliphatic hydroxyl groups excluding tert-OH is 1. The zero-order chi connectivity index (χ0) is 14.4. The van der Waals surface area contributed by atoms with Crippen molar-refractivity contribution in [2.75, 3.05) is 26.7 Å². The Hall–Kier alpha value is -1.06. The van der Waals surface area contributed by atoms with Crippen molar-refractivity contribution in [1.29, 1.82) is 0 Å². The second-order valence-electron chi connectivity index (χ2n) is 5.01. The molecule has 0 spiro atoms. The fourth-order valence-corrected chi connectivity index (χ4v) is 2.39. The average Bonchev–Trinajstić information content (AvgIpc) is 2.41. The second-order valence-corrected chi connectivity index (χ2v) is 5.01. The van der Waals surface area contributed by atoms with E-state index in [2.05, 4.69) is 18.7 Å². The summed E-state index contributed by atoms with van der Waals surface area (Å²) in [6.07, 6.45) is 0.374. The second kappa shape index (κ2) is 7.51. The summed E-state index contributed by atoms with van der Waals surface area (Å²) < 4.78 is 5.30. The van der Waals surface area contributed by atoms with Gasteiger partial charge < -0.3 is 14.7 Å². The van der Waals surface area contributed by atoms with Crippen LogP contribution in [-0.4, -0.2) is 36.8 Å². The summed E-state index contributed by atoms with van der Waals surface area (Å²) in [4.78, 5) is 2.33. The van der Waals surface area contributed by atoms with Crippen molar-refractivity contribution < 1.29 is 9.84 Å². The molecular weight excluding hydrogens is 238 g/mol. The fourth-order valence-electron chi connectivity index (χ4n) is 2.39. The van der Waals surface area contributed by atoms with Crippen LogP contribution in [0, 0.1) is 13.8 Å². The van der Waals surface area contributed by atoms with Crippen molar-refractivity contribution in [3.8, 4) is 5.75 Å². The number of methoxy groups -OCH3 is 1. The van der Waals surface area contributed by atoms with Crippen molar-refractivity contribution in [2.24, 2.45) is 0 Å². The molecule has 0 fully saturated rings. The number of aryl methyl sites for hydroxylation is 2. The molecule has 108 valence electrons. The molecule has 0 aliphatic rings. The summed E-state index contributed by atoms with van der Waals surface area (Å²) in [7, 11) is 1.68. The number of hydrogen-bond acceptors (Lipinski definition) is 3. The van der Waals surface area contributed by atoms with Crippen LogP contribution in [-0.2, 0) is 0 Å². The highest BCUT2D eigenvalue weighted by Crippen LogP contribution is 2.28. The first-order valence-corrected chi connectivity index (χ1v) is 7.09. The van der Waals surface area contributed by atoms with Crippen LogP contribution in [0.4, 0.5) is 0 Å². The first kappa shape index (κ1) is 16.0. The molecule has 0 heterocycles. The van der Waals surface area contributed by atoms with Gasteiger partial charge in [0.15, 0.2) is 0 Å². The van der Waals surface area contributed by atoms with Crippen LogP contribution in [0.25, 0.3) is 0 Å². The van der Waals surface area contributed by atoms with E-state index in [4.69, 9.17) is 4.74 Å². The van der Waals surface area contributed by atoms with Gasteiger partial charge in [0.05, 0.1) is 13.2 Å². The highest BCUT2D eigenvalue weighted by molar-refractivity contribution is 5.42. The smallest absolute Gasteiger partial charge is 0.122 e. The molecule has 3 nitrogen and oxygen atoms in total. The van der Waals surface area contributed by atoms with Gasteiger partial charge in [0.25, 0.3) is 0 Å². The van der Waals surface area contributed by atoms with Crippen LogP contribution in [0.2, 0.25) is 0 Å². The molecule has 0 bridgehead atoms. The number of rotatable bonds is 7. The van der Waals surface area contributed by atoms with Crippen molar-refractivity contribution in [3.05, 3.63) is 28.8 Å². The molecule has 0 aliphatic carbocycles. The number of hydrogen-bond donors (Lipinski definition) is 1. The maximum Gasteiger partial charge on any atom is 0.122 e. The molecule has 19 heavy (non-hydrogen) atoms. The van der Waals surface area contributed by atoms with Gasteiger partial charge in [-0.2, -0.15) is 0 Å². The Morgan fingerprint density at radius 1 is 1.16 bits per heavy atom. The van der Waals surface area contributed by atoms with Crippen LogP contribution < -0.4 is 4.74 Å². The summed E-state index contributed by atoms with van der Waals surface area (Å²) in [5.41, 5.74) is 3.19. The molecule has 3 heteroatoms. The summed E-state index contributed by atoms with van der Waals surface area (Å²) in [6.45, 7) is 11.3. The van der Waals surface area contributed by atoms with E-state index in [1.54, 1.807) is 7.11 Å². The minimum atomic E-state index is -0.398. The molecule has 0 aliphatic heterocycles. The van der Waals surface area contributed by atoms with E-state index in [-0.39, 0.29) is 0 Å². The number of ether oxygens (including phenoxy) is 1. The van der Waals surface area contributed by atoms with Crippen LogP contribution >= 0.6 is 0 Å². The van der Waals surface area contributed by atoms with Crippen molar-refractivity contribution >= 4 is 0 Å². The number of aliphatic hydroxyl groups is 1. The maximum atomic E-state index is 10.4. The monoisotopic (exact) mass is 265 g/mol. The predicted octanol–water partition coefficient (Wildman–Crippen LogP) is 3.08. The zero-order valence-electron chi connectivity index (χ0n) is 12.9. The number of nitrogens with zero attached hydrogens (tertiary/aromatic N) is 1. The van der Waals surface area contributed by atoms with Crippen LogP contribution in [0.5, 0.6) is 5.75 Å². The lowest BCUT2D eigenvalue weighted by molar-refractivity contribution is 0.144. The van der Waals surface area contributed by atoms with Gasteiger partial charge in [-0.3, -0.25) is 0 Å². The molecule has 1 N–H and O–H groups in total. The summed E-state index contributed by atoms with van der Waals surface area (Å²) in [5, 5.41) is 10.4. The van der Waals surface area contributed by atoms with E-state index in [0.29, 0.717) is 0 Å². The minimum Gasteiger partial charge on any atom is -0.496 e. The fraction of sp³-hybridized carbons (Fsp3) is 0.625. The predicted molar refractivity (Wildman–Crippen MR) is 79.8 cm³/mol. The third-order valence-corrected chi connectivity index (χ3v) is 3.76. The summed E-state index contributed by atoms with van der Waals surface area (Å²) in [6, 6.07) is 4.05. The Labute approximate surface area is 117 Å². The Balaban J connectivity index is 2.76. The SMILES string of the molecule is CCN(CC)CCC(O)c1cc(C)c(OC)cc1C. The van der Waals surface area contributed by atoms with E-state index in [1.165, 1.54) is 0 Å². The highest BCUT2D eigenvalue weighted by atomic mass is 16.5. The van der Waals surface area contributed by atoms with Gasteiger partial charge in [-0.15, -0.1) is 0 Å². The molecule has 1 aromatic carbocycles. The summed E-state index contributed by atoms with van der Waals surface area (Å²) >= 11 is 0. The molecule has 1 unspecified atom stereocenters. The van der Waals surface area contributed by atoms with Gasteiger partial charge in [-0.05, 0) is 62.2 Å². The van der Waals surface area contributed by atoms with E-state index in [1.807, 2.05) is 26.0 Å². The lowest BCUT2D eigenvalue weighted by Gasteiger charge is -2.21. The van der Waals surface area contributed by atoms with E-state index >= 15 is 0 Å². The first-order chi connectivity index (χ1) is 9.03. The molecule has 1 aromatic rings. The first-order valence-electron chi connectivity index (χ1n) is 7.09. The normalized spacial score (nSPS) is 12.8. The van der Waals surface area contributed by atoms with Crippen LogP contribution in [0.1, 0.15) is 43.1 Å². The topological polar surface area (TPSA) is 32.7 Å². The molecule has 0 saturated carbocycles. The lowest BCUT2D eigenvalue weighted by atomic mass is 9.98. The Kier molecular flexibility index (Phi) is 6.32. The largest absolute Gasteiger partial charge is 0.496 e. The molecule has 0 radical (unpaired) electrons. The number of benzene rings is 1. The van der Waals surface area contributed by atoms with Crippen LogP contribution in [0.3, 0.4) is 0 Å². The third-order valence-electron chi connectivity index (χ3n) is 3.76. The Morgan fingerprint density at radius 2 is 1.79 bits per heavy atom. The molecule has 0 saturated heterocycles. The lowest BCUT2D eigenvalue weighted by Crippen LogP contribution is -2.25.